The second kappa shape index (κ2) is 9.32. The number of anilines is 1. The van der Waals surface area contributed by atoms with Gasteiger partial charge in [-0.3, -0.25) is 0 Å². The standard InChI is InChI=1S/C24H25N3OS2/c1-17-19(20-9-3-4-10-21(20)25-17)13-14-27(16-18-8-7-15-30-18)24(29)26-22-11-5-6-12-23(22)28-2/h3-12,15,25H,13-14,16H2,1-2H3,(H,26,29). The van der Waals surface area contributed by atoms with Crippen molar-refractivity contribution in [1.82, 2.24) is 9.88 Å². The van der Waals surface area contributed by atoms with E-state index in [1.54, 1.807) is 18.4 Å². The molecule has 30 heavy (non-hydrogen) atoms. The second-order valence-electron chi connectivity index (χ2n) is 7.16. The monoisotopic (exact) mass is 435 g/mol. The van der Waals surface area contributed by atoms with Crippen LogP contribution in [0.2, 0.25) is 0 Å². The van der Waals surface area contributed by atoms with Crippen molar-refractivity contribution in [2.75, 3.05) is 19.0 Å². The summed E-state index contributed by atoms with van der Waals surface area (Å²) in [6, 6.07) is 20.6. The summed E-state index contributed by atoms with van der Waals surface area (Å²) >= 11 is 7.57. The van der Waals surface area contributed by atoms with E-state index in [0.717, 1.165) is 30.9 Å². The van der Waals surface area contributed by atoms with Gasteiger partial charge in [-0.2, -0.15) is 0 Å². The number of H-pyrrole nitrogens is 1. The van der Waals surface area contributed by atoms with Gasteiger partial charge in [0.1, 0.15) is 5.75 Å². The minimum Gasteiger partial charge on any atom is -0.495 e. The van der Waals surface area contributed by atoms with E-state index in [9.17, 15) is 0 Å². The molecule has 0 radical (unpaired) electrons. The number of para-hydroxylation sites is 3. The summed E-state index contributed by atoms with van der Waals surface area (Å²) in [6.45, 7) is 3.74. The number of thiophene rings is 1. The molecule has 0 saturated carbocycles. The van der Waals surface area contributed by atoms with Crippen molar-refractivity contribution >= 4 is 45.3 Å². The summed E-state index contributed by atoms with van der Waals surface area (Å²) in [5, 5.41) is 7.48. The van der Waals surface area contributed by atoms with Gasteiger partial charge in [0.25, 0.3) is 0 Å². The maximum atomic E-state index is 5.82. The number of benzene rings is 2. The number of fused-ring (bicyclic) bond motifs is 1. The predicted octanol–water partition coefficient (Wildman–Crippen LogP) is 5.99. The quantitative estimate of drug-likeness (QED) is 0.350. The van der Waals surface area contributed by atoms with E-state index in [4.69, 9.17) is 17.0 Å². The molecule has 0 saturated heterocycles. The first-order chi connectivity index (χ1) is 14.7. The topological polar surface area (TPSA) is 40.3 Å². The number of methoxy groups -OCH3 is 1. The molecule has 4 aromatic rings. The fraction of sp³-hybridized carbons (Fsp3) is 0.208. The van der Waals surface area contributed by atoms with Gasteiger partial charge in [0, 0.05) is 28.0 Å². The first-order valence-electron chi connectivity index (χ1n) is 9.93. The van der Waals surface area contributed by atoms with Crippen LogP contribution in [0, 0.1) is 6.92 Å². The van der Waals surface area contributed by atoms with E-state index < -0.39 is 0 Å². The summed E-state index contributed by atoms with van der Waals surface area (Å²) in [4.78, 5) is 7.02. The van der Waals surface area contributed by atoms with Gasteiger partial charge in [-0.05, 0) is 60.8 Å². The molecule has 0 fully saturated rings. The zero-order valence-corrected chi connectivity index (χ0v) is 18.8. The van der Waals surface area contributed by atoms with Crippen LogP contribution in [0.5, 0.6) is 5.75 Å². The SMILES string of the molecule is COc1ccccc1NC(=S)N(CCc1c(C)[nH]c2ccccc12)Cc1cccs1. The highest BCUT2D eigenvalue weighted by atomic mass is 32.1. The largest absolute Gasteiger partial charge is 0.495 e. The van der Waals surface area contributed by atoms with E-state index in [2.05, 4.69) is 63.9 Å². The van der Waals surface area contributed by atoms with Gasteiger partial charge in [-0.1, -0.05) is 36.4 Å². The number of hydrogen-bond donors (Lipinski definition) is 2. The molecule has 0 aliphatic heterocycles. The van der Waals surface area contributed by atoms with E-state index in [0.29, 0.717) is 5.11 Å². The van der Waals surface area contributed by atoms with Gasteiger partial charge in [-0.25, -0.2) is 0 Å². The highest BCUT2D eigenvalue weighted by Gasteiger charge is 2.15. The van der Waals surface area contributed by atoms with Crippen LogP contribution in [0.1, 0.15) is 16.1 Å². The maximum Gasteiger partial charge on any atom is 0.173 e. The summed E-state index contributed by atoms with van der Waals surface area (Å²) in [5.74, 6) is 0.781. The van der Waals surface area contributed by atoms with Gasteiger partial charge >= 0.3 is 0 Å². The molecule has 2 aromatic carbocycles. The Bertz CT molecular complexity index is 1130. The molecule has 0 aliphatic carbocycles. The average molecular weight is 436 g/mol. The number of hydrogen-bond acceptors (Lipinski definition) is 3. The van der Waals surface area contributed by atoms with Gasteiger partial charge in [0.05, 0.1) is 19.3 Å². The van der Waals surface area contributed by atoms with Crippen LogP contribution in [-0.4, -0.2) is 28.7 Å². The van der Waals surface area contributed by atoms with E-state index in [1.807, 2.05) is 24.3 Å². The van der Waals surface area contributed by atoms with Crippen molar-refractivity contribution in [2.45, 2.75) is 19.9 Å². The van der Waals surface area contributed by atoms with Crippen LogP contribution in [0.4, 0.5) is 5.69 Å². The number of thiocarbonyl (C=S) groups is 1. The first-order valence-corrected chi connectivity index (χ1v) is 11.2. The second-order valence-corrected chi connectivity index (χ2v) is 8.57. The molecule has 4 rings (SSSR count). The van der Waals surface area contributed by atoms with Crippen molar-refractivity contribution in [3.05, 3.63) is 82.2 Å². The molecule has 0 atom stereocenters. The third-order valence-corrected chi connectivity index (χ3v) is 6.44. The molecule has 0 unspecified atom stereocenters. The Balaban J connectivity index is 1.55. The number of nitrogens with zero attached hydrogens (tertiary/aromatic N) is 1. The van der Waals surface area contributed by atoms with Gasteiger partial charge < -0.3 is 19.9 Å². The lowest BCUT2D eigenvalue weighted by Crippen LogP contribution is -2.35. The third kappa shape index (κ3) is 4.50. The normalized spacial score (nSPS) is 10.9. The predicted molar refractivity (Wildman–Crippen MR) is 131 cm³/mol. The number of rotatable bonds is 7. The van der Waals surface area contributed by atoms with Crippen molar-refractivity contribution < 1.29 is 4.74 Å². The number of ether oxygens (including phenoxy) is 1. The molecule has 6 heteroatoms. The smallest absolute Gasteiger partial charge is 0.173 e. The number of aromatic amines is 1. The van der Waals surface area contributed by atoms with Crippen molar-refractivity contribution in [2.24, 2.45) is 0 Å². The number of aromatic nitrogens is 1. The summed E-state index contributed by atoms with van der Waals surface area (Å²) in [7, 11) is 1.67. The molecule has 4 nitrogen and oxygen atoms in total. The zero-order chi connectivity index (χ0) is 20.9. The summed E-state index contributed by atoms with van der Waals surface area (Å²) in [5.41, 5.74) is 4.63. The Morgan fingerprint density at radius 2 is 1.90 bits per heavy atom. The van der Waals surface area contributed by atoms with Crippen molar-refractivity contribution in [1.29, 1.82) is 0 Å². The fourth-order valence-corrected chi connectivity index (χ4v) is 4.67. The molecule has 0 aliphatic rings. The van der Waals surface area contributed by atoms with Crippen molar-refractivity contribution in [3.8, 4) is 5.75 Å². The van der Waals surface area contributed by atoms with Gasteiger partial charge in [0.15, 0.2) is 5.11 Å². The Hall–Kier alpha value is -2.83. The number of nitrogens with one attached hydrogen (secondary N) is 2. The van der Waals surface area contributed by atoms with Crippen LogP contribution in [0.25, 0.3) is 10.9 Å². The maximum absolute atomic E-state index is 5.82. The lowest BCUT2D eigenvalue weighted by molar-refractivity contribution is 0.414. The van der Waals surface area contributed by atoms with E-state index in [1.165, 1.54) is 27.0 Å². The minimum atomic E-state index is 0.699. The average Bonchev–Trinajstić information content (AvgIpc) is 3.38. The Morgan fingerprint density at radius 3 is 2.70 bits per heavy atom. The molecular weight excluding hydrogens is 410 g/mol. The Kier molecular flexibility index (Phi) is 6.35. The van der Waals surface area contributed by atoms with Crippen LogP contribution in [-0.2, 0) is 13.0 Å². The molecular formula is C24H25N3OS2. The molecule has 2 N–H and O–H groups in total. The first kappa shape index (κ1) is 20.4. The van der Waals surface area contributed by atoms with E-state index in [-0.39, 0.29) is 0 Å². The zero-order valence-electron chi connectivity index (χ0n) is 17.1. The van der Waals surface area contributed by atoms with Crippen LogP contribution >= 0.6 is 23.6 Å². The van der Waals surface area contributed by atoms with Crippen LogP contribution in [0.15, 0.2) is 66.0 Å². The lowest BCUT2D eigenvalue weighted by atomic mass is 10.1. The van der Waals surface area contributed by atoms with E-state index >= 15 is 0 Å². The molecule has 154 valence electrons. The third-order valence-electron chi connectivity index (χ3n) is 5.22. The fourth-order valence-electron chi connectivity index (χ4n) is 3.69. The Labute approximate surface area is 186 Å². The van der Waals surface area contributed by atoms with Gasteiger partial charge in [0.2, 0.25) is 0 Å². The summed E-state index contributed by atoms with van der Waals surface area (Å²) < 4.78 is 5.47. The van der Waals surface area contributed by atoms with Crippen LogP contribution in [0.3, 0.4) is 0 Å². The highest BCUT2D eigenvalue weighted by Crippen LogP contribution is 2.25. The Morgan fingerprint density at radius 1 is 1.10 bits per heavy atom. The minimum absolute atomic E-state index is 0.699. The molecule has 2 heterocycles. The highest BCUT2D eigenvalue weighted by molar-refractivity contribution is 7.80. The molecule has 0 spiro atoms. The molecule has 0 bridgehead atoms. The molecule has 0 amide bonds. The van der Waals surface area contributed by atoms with Gasteiger partial charge in [-0.15, -0.1) is 11.3 Å². The van der Waals surface area contributed by atoms with Crippen molar-refractivity contribution in [3.63, 3.8) is 0 Å². The lowest BCUT2D eigenvalue weighted by Gasteiger charge is -2.26. The molecule has 2 aromatic heterocycles. The number of aryl methyl sites for hydroxylation is 1. The summed E-state index contributed by atoms with van der Waals surface area (Å²) in [6.07, 6.45) is 0.912. The van der Waals surface area contributed by atoms with Crippen LogP contribution < -0.4 is 10.1 Å².